The van der Waals surface area contributed by atoms with E-state index in [-0.39, 0.29) is 11.9 Å². The van der Waals surface area contributed by atoms with Crippen LogP contribution in [-0.4, -0.2) is 18.5 Å². The number of carbonyl (C=O) groups is 2. The topological polar surface area (TPSA) is 52.6 Å². The van der Waals surface area contributed by atoms with Gasteiger partial charge in [-0.05, 0) is 59.0 Å². The van der Waals surface area contributed by atoms with E-state index in [1.54, 1.807) is 0 Å². The maximum Gasteiger partial charge on any atom is 0.306 e. The number of ether oxygens (including phenoxy) is 2. The largest absolute Gasteiger partial charge is 0.465 e. The molecule has 0 fully saturated rings. The number of unbranched alkanes of at least 4 members (excludes halogenated alkanes) is 5. The first-order valence-corrected chi connectivity index (χ1v) is 10.6. The van der Waals surface area contributed by atoms with Crippen LogP contribution in [0.3, 0.4) is 0 Å². The lowest BCUT2D eigenvalue weighted by molar-refractivity contribution is -0.145. The van der Waals surface area contributed by atoms with Gasteiger partial charge in [-0.15, -0.1) is 0 Å². The normalized spacial score (nSPS) is 10.8. The van der Waals surface area contributed by atoms with Gasteiger partial charge in [-0.1, -0.05) is 51.7 Å². The van der Waals surface area contributed by atoms with Crippen LogP contribution in [0.2, 0.25) is 0 Å². The number of hydrogen-bond acceptors (Lipinski definition) is 4. The highest BCUT2D eigenvalue weighted by atomic mass is 127. The molecule has 0 aromatic heterocycles. The van der Waals surface area contributed by atoms with E-state index in [4.69, 9.17) is 9.47 Å². The summed E-state index contributed by atoms with van der Waals surface area (Å²) in [5.74, 6) is 0.174. The Hall–Kier alpha value is -1.11. The Bertz CT molecular complexity index is 525. The van der Waals surface area contributed by atoms with E-state index in [9.17, 15) is 9.59 Å². The van der Waals surface area contributed by atoms with Gasteiger partial charge in [0.1, 0.15) is 6.61 Å². The molecule has 0 atom stereocenters. The molecule has 0 saturated carbocycles. The van der Waals surface area contributed by atoms with Gasteiger partial charge >= 0.3 is 11.9 Å². The molecule has 0 radical (unpaired) electrons. The van der Waals surface area contributed by atoms with E-state index in [1.165, 1.54) is 3.57 Å². The SMILES string of the molecule is CC(C)COC(=O)CCCCCCCCC(=O)OCc1ccc(I)cc1. The van der Waals surface area contributed by atoms with Crippen LogP contribution in [0, 0.1) is 9.49 Å². The van der Waals surface area contributed by atoms with Gasteiger partial charge in [-0.3, -0.25) is 9.59 Å². The minimum absolute atomic E-state index is 0.0884. The number of carbonyl (C=O) groups excluding carboxylic acids is 2. The van der Waals surface area contributed by atoms with Crippen LogP contribution in [0.4, 0.5) is 0 Å². The van der Waals surface area contributed by atoms with Crippen LogP contribution < -0.4 is 0 Å². The average molecular weight is 474 g/mol. The van der Waals surface area contributed by atoms with Crippen molar-refractivity contribution in [2.24, 2.45) is 5.92 Å². The van der Waals surface area contributed by atoms with Crippen LogP contribution >= 0.6 is 22.6 Å². The standard InChI is InChI=1S/C21H31IO4/c1-17(2)15-25-20(23)9-7-5-3-4-6-8-10-21(24)26-16-18-11-13-19(22)14-12-18/h11-14,17H,3-10,15-16H2,1-2H3. The molecule has 1 aromatic carbocycles. The second-order valence-electron chi connectivity index (χ2n) is 6.99. The van der Waals surface area contributed by atoms with Crippen molar-refractivity contribution < 1.29 is 19.1 Å². The second kappa shape index (κ2) is 14.0. The monoisotopic (exact) mass is 474 g/mol. The molecule has 0 amide bonds. The lowest BCUT2D eigenvalue weighted by atomic mass is 10.1. The number of benzene rings is 1. The lowest BCUT2D eigenvalue weighted by Crippen LogP contribution is -2.09. The Morgan fingerprint density at radius 2 is 1.35 bits per heavy atom. The van der Waals surface area contributed by atoms with Crippen molar-refractivity contribution in [3.8, 4) is 0 Å². The molecule has 0 spiro atoms. The fraction of sp³-hybridized carbons (Fsp3) is 0.619. The number of rotatable bonds is 13. The van der Waals surface area contributed by atoms with E-state index >= 15 is 0 Å². The van der Waals surface area contributed by atoms with Crippen LogP contribution in [0.1, 0.15) is 70.8 Å². The first kappa shape index (κ1) is 22.9. The highest BCUT2D eigenvalue weighted by Gasteiger charge is 2.05. The van der Waals surface area contributed by atoms with E-state index in [0.29, 0.717) is 32.0 Å². The summed E-state index contributed by atoms with van der Waals surface area (Å²) < 4.78 is 11.6. The molecular formula is C21H31IO4. The van der Waals surface area contributed by atoms with Crippen LogP contribution in [0.5, 0.6) is 0 Å². The smallest absolute Gasteiger partial charge is 0.306 e. The van der Waals surface area contributed by atoms with Gasteiger partial charge in [-0.2, -0.15) is 0 Å². The van der Waals surface area contributed by atoms with Crippen molar-refractivity contribution in [1.29, 1.82) is 0 Å². The maximum absolute atomic E-state index is 11.7. The van der Waals surface area contributed by atoms with Crippen LogP contribution in [0.25, 0.3) is 0 Å². The van der Waals surface area contributed by atoms with Gasteiger partial charge in [0.15, 0.2) is 0 Å². The zero-order valence-corrected chi connectivity index (χ0v) is 18.1. The van der Waals surface area contributed by atoms with Gasteiger partial charge in [-0.25, -0.2) is 0 Å². The summed E-state index contributed by atoms with van der Waals surface area (Å²) in [6.07, 6.45) is 6.98. The van der Waals surface area contributed by atoms with E-state index < -0.39 is 0 Å². The highest BCUT2D eigenvalue weighted by Crippen LogP contribution is 2.11. The molecule has 0 aliphatic carbocycles. The molecule has 0 aliphatic rings. The summed E-state index contributed by atoms with van der Waals surface area (Å²) in [6.45, 7) is 4.93. The summed E-state index contributed by atoms with van der Waals surface area (Å²) in [5, 5.41) is 0. The number of halogens is 1. The summed E-state index contributed by atoms with van der Waals surface area (Å²) in [5.41, 5.74) is 1.02. The third-order valence-corrected chi connectivity index (χ3v) is 4.62. The van der Waals surface area contributed by atoms with Crippen LogP contribution in [0.15, 0.2) is 24.3 Å². The fourth-order valence-electron chi connectivity index (χ4n) is 2.39. The Balaban J connectivity index is 1.92. The van der Waals surface area contributed by atoms with E-state index in [0.717, 1.165) is 44.1 Å². The lowest BCUT2D eigenvalue weighted by Gasteiger charge is -2.07. The molecule has 4 nitrogen and oxygen atoms in total. The first-order chi connectivity index (χ1) is 12.5. The van der Waals surface area contributed by atoms with Crippen molar-refractivity contribution in [2.45, 2.75) is 71.8 Å². The van der Waals surface area contributed by atoms with Crippen molar-refractivity contribution in [3.63, 3.8) is 0 Å². The summed E-state index contributed by atoms with van der Waals surface area (Å²) >= 11 is 2.25. The maximum atomic E-state index is 11.7. The summed E-state index contributed by atoms with van der Waals surface area (Å²) in [6, 6.07) is 7.98. The zero-order valence-electron chi connectivity index (χ0n) is 16.0. The van der Waals surface area contributed by atoms with Crippen molar-refractivity contribution >= 4 is 34.5 Å². The second-order valence-corrected chi connectivity index (χ2v) is 8.23. The van der Waals surface area contributed by atoms with Gasteiger partial charge < -0.3 is 9.47 Å². The Morgan fingerprint density at radius 3 is 1.88 bits per heavy atom. The van der Waals surface area contributed by atoms with Gasteiger partial charge in [0, 0.05) is 16.4 Å². The first-order valence-electron chi connectivity index (χ1n) is 9.53. The Kier molecular flexibility index (Phi) is 12.4. The minimum atomic E-state index is -0.128. The predicted molar refractivity (Wildman–Crippen MR) is 112 cm³/mol. The number of esters is 2. The Morgan fingerprint density at radius 1 is 0.846 bits per heavy atom. The van der Waals surface area contributed by atoms with Gasteiger partial charge in [0.25, 0.3) is 0 Å². The molecule has 1 rings (SSSR count). The molecule has 0 unspecified atom stereocenters. The highest BCUT2D eigenvalue weighted by molar-refractivity contribution is 14.1. The molecule has 0 bridgehead atoms. The molecule has 0 saturated heterocycles. The fourth-order valence-corrected chi connectivity index (χ4v) is 2.75. The molecular weight excluding hydrogens is 443 g/mol. The molecule has 146 valence electrons. The van der Waals surface area contributed by atoms with Crippen molar-refractivity contribution in [1.82, 2.24) is 0 Å². The molecule has 1 aromatic rings. The van der Waals surface area contributed by atoms with Gasteiger partial charge in [0.2, 0.25) is 0 Å². The molecule has 26 heavy (non-hydrogen) atoms. The molecule has 0 aliphatic heterocycles. The predicted octanol–water partition coefficient (Wildman–Crippen LogP) is 5.65. The molecule has 5 heteroatoms. The van der Waals surface area contributed by atoms with Gasteiger partial charge in [0.05, 0.1) is 6.61 Å². The zero-order chi connectivity index (χ0) is 19.2. The van der Waals surface area contributed by atoms with Crippen molar-refractivity contribution in [3.05, 3.63) is 33.4 Å². The van der Waals surface area contributed by atoms with Crippen LogP contribution in [-0.2, 0) is 25.7 Å². The quantitative estimate of drug-likeness (QED) is 0.211. The Labute approximate surface area is 171 Å². The summed E-state index contributed by atoms with van der Waals surface area (Å²) in [7, 11) is 0. The molecule has 0 heterocycles. The minimum Gasteiger partial charge on any atom is -0.465 e. The van der Waals surface area contributed by atoms with E-state index in [1.807, 2.05) is 38.1 Å². The third kappa shape index (κ3) is 12.3. The average Bonchev–Trinajstić information content (AvgIpc) is 2.61. The number of hydrogen-bond donors (Lipinski definition) is 0. The molecule has 0 N–H and O–H groups in total. The van der Waals surface area contributed by atoms with E-state index in [2.05, 4.69) is 22.6 Å². The van der Waals surface area contributed by atoms with Crippen molar-refractivity contribution in [2.75, 3.05) is 6.61 Å². The summed E-state index contributed by atoms with van der Waals surface area (Å²) in [4.78, 5) is 23.2. The third-order valence-electron chi connectivity index (χ3n) is 3.90.